The molecule has 1 aromatic heterocycles. The fourth-order valence-corrected chi connectivity index (χ4v) is 5.07. The Morgan fingerprint density at radius 1 is 1.18 bits per heavy atom. The van der Waals surface area contributed by atoms with E-state index in [9.17, 15) is 4.79 Å². The number of fused-ring (bicyclic) bond motifs is 2. The van der Waals surface area contributed by atoms with Crippen molar-refractivity contribution < 1.29 is 23.4 Å². The molecule has 3 aromatic rings. The third-order valence-electron chi connectivity index (χ3n) is 4.34. The lowest BCUT2D eigenvalue weighted by atomic mass is 10.1. The van der Waals surface area contributed by atoms with Crippen molar-refractivity contribution >= 4 is 44.8 Å². The minimum absolute atomic E-state index is 0.166. The molecule has 0 saturated carbocycles. The monoisotopic (exact) mass is 413 g/mol. The third-order valence-corrected chi connectivity index (χ3v) is 6.61. The van der Waals surface area contributed by atoms with Crippen molar-refractivity contribution in [3.63, 3.8) is 0 Å². The topological polar surface area (TPSA) is 70.3 Å². The number of aliphatic imine (C=N–C) groups is 1. The predicted octanol–water partition coefficient (Wildman–Crippen LogP) is 4.72. The Morgan fingerprint density at radius 3 is 2.96 bits per heavy atom. The number of rotatable bonds is 4. The molecule has 0 aliphatic carbocycles. The highest BCUT2D eigenvalue weighted by atomic mass is 32.2. The highest BCUT2D eigenvalue weighted by Crippen LogP contribution is 2.36. The number of furan rings is 1. The number of ether oxygens (including phenoxy) is 3. The van der Waals surface area contributed by atoms with E-state index in [4.69, 9.17) is 18.6 Å². The second-order valence-corrected chi connectivity index (χ2v) is 8.40. The van der Waals surface area contributed by atoms with Crippen molar-refractivity contribution in [2.24, 2.45) is 4.99 Å². The van der Waals surface area contributed by atoms with Gasteiger partial charge < -0.3 is 18.6 Å². The first-order chi connectivity index (χ1) is 13.8. The molecule has 0 amide bonds. The molecule has 0 fully saturated rings. The number of nitrogens with zero attached hydrogens (tertiary/aromatic N) is 1. The molecule has 2 aromatic carbocycles. The van der Waals surface area contributed by atoms with Crippen LogP contribution in [0.2, 0.25) is 0 Å². The first-order valence-corrected chi connectivity index (χ1v) is 10.7. The average molecular weight is 413 g/mol. The second-order valence-electron chi connectivity index (χ2n) is 6.10. The van der Waals surface area contributed by atoms with Gasteiger partial charge in [-0.05, 0) is 18.2 Å². The molecule has 0 saturated heterocycles. The smallest absolute Gasteiger partial charge is 0.379 e. The summed E-state index contributed by atoms with van der Waals surface area (Å²) in [5.41, 5.74) is 1.48. The van der Waals surface area contributed by atoms with Crippen molar-refractivity contribution in [2.75, 3.05) is 19.1 Å². The van der Waals surface area contributed by atoms with Gasteiger partial charge >= 0.3 is 5.97 Å². The molecule has 0 N–H and O–H groups in total. The van der Waals surface area contributed by atoms with Crippen LogP contribution >= 0.6 is 23.5 Å². The summed E-state index contributed by atoms with van der Waals surface area (Å²) in [4.78, 5) is 17.3. The summed E-state index contributed by atoms with van der Waals surface area (Å²) in [6.45, 7) is 1.01. The van der Waals surface area contributed by atoms with Gasteiger partial charge in [-0.2, -0.15) is 0 Å². The molecule has 2 aliphatic rings. The van der Waals surface area contributed by atoms with Gasteiger partial charge in [-0.15, -0.1) is 0 Å². The van der Waals surface area contributed by atoms with Crippen LogP contribution in [-0.2, 0) is 5.75 Å². The van der Waals surface area contributed by atoms with Gasteiger partial charge in [0.1, 0.15) is 15.7 Å². The largest absolute Gasteiger partial charge is 0.454 e. The van der Waals surface area contributed by atoms with Crippen molar-refractivity contribution in [1.82, 2.24) is 0 Å². The molecule has 6 nitrogen and oxygen atoms in total. The second kappa shape index (κ2) is 7.44. The lowest BCUT2D eigenvalue weighted by Gasteiger charge is -2.06. The van der Waals surface area contributed by atoms with Crippen LogP contribution in [0, 0.1) is 0 Å². The molecule has 3 heterocycles. The molecule has 28 heavy (non-hydrogen) atoms. The number of para-hydroxylation sites is 1. The maximum atomic E-state index is 12.9. The number of hydrogen-bond donors (Lipinski definition) is 0. The zero-order valence-electron chi connectivity index (χ0n) is 14.7. The maximum absolute atomic E-state index is 12.9. The summed E-state index contributed by atoms with van der Waals surface area (Å²) >= 11 is 3.36. The Kier molecular flexibility index (Phi) is 4.66. The van der Waals surface area contributed by atoms with E-state index in [0.29, 0.717) is 28.6 Å². The first kappa shape index (κ1) is 17.5. The number of esters is 1. The van der Waals surface area contributed by atoms with E-state index in [2.05, 4.69) is 4.99 Å². The lowest BCUT2D eigenvalue weighted by molar-refractivity contribution is 0.0702. The van der Waals surface area contributed by atoms with E-state index < -0.39 is 5.97 Å². The Labute approximate surface area is 169 Å². The molecule has 8 heteroatoms. The van der Waals surface area contributed by atoms with Gasteiger partial charge in [-0.25, -0.2) is 4.79 Å². The van der Waals surface area contributed by atoms with Crippen molar-refractivity contribution in [2.45, 2.75) is 5.75 Å². The normalized spacial score (nSPS) is 15.1. The minimum atomic E-state index is -0.535. The van der Waals surface area contributed by atoms with E-state index in [1.54, 1.807) is 41.7 Å². The average Bonchev–Trinajstić information content (AvgIpc) is 3.45. The maximum Gasteiger partial charge on any atom is 0.379 e. The van der Waals surface area contributed by atoms with E-state index in [1.165, 1.54) is 0 Å². The minimum Gasteiger partial charge on any atom is -0.454 e. The summed E-state index contributed by atoms with van der Waals surface area (Å²) in [7, 11) is 0. The summed E-state index contributed by atoms with van der Waals surface area (Å²) in [5.74, 6) is 2.85. The van der Waals surface area contributed by atoms with Gasteiger partial charge in [0, 0.05) is 28.5 Å². The fraction of sp³-hybridized carbons (Fsp3) is 0.200. The Hall–Kier alpha value is -2.58. The summed E-state index contributed by atoms with van der Waals surface area (Å²) in [5, 5.41) is 0.913. The fourth-order valence-electron chi connectivity index (χ4n) is 3.04. The zero-order valence-corrected chi connectivity index (χ0v) is 16.3. The van der Waals surface area contributed by atoms with Gasteiger partial charge in [-0.3, -0.25) is 4.99 Å². The molecular formula is C20H15NO5S2. The highest BCUT2D eigenvalue weighted by Gasteiger charge is 2.24. The molecule has 0 radical (unpaired) electrons. The van der Waals surface area contributed by atoms with Crippen LogP contribution in [0.15, 0.2) is 51.9 Å². The van der Waals surface area contributed by atoms with Crippen LogP contribution in [0.1, 0.15) is 16.1 Å². The summed E-state index contributed by atoms with van der Waals surface area (Å²) < 4.78 is 23.1. The third kappa shape index (κ3) is 3.33. The molecule has 0 spiro atoms. The van der Waals surface area contributed by atoms with E-state index in [0.717, 1.165) is 27.6 Å². The van der Waals surface area contributed by atoms with Gasteiger partial charge in [0.05, 0.1) is 6.54 Å². The number of carbonyl (C=O) groups excluding carboxylic acids is 1. The van der Waals surface area contributed by atoms with Crippen molar-refractivity contribution in [1.29, 1.82) is 0 Å². The Balaban J connectivity index is 1.43. The van der Waals surface area contributed by atoms with Gasteiger partial charge in [0.25, 0.3) is 0 Å². The molecule has 0 unspecified atom stereocenters. The van der Waals surface area contributed by atoms with E-state index >= 15 is 0 Å². The van der Waals surface area contributed by atoms with Crippen LogP contribution in [-0.4, -0.2) is 29.4 Å². The van der Waals surface area contributed by atoms with Crippen molar-refractivity contribution in [3.8, 4) is 17.2 Å². The van der Waals surface area contributed by atoms with Crippen molar-refractivity contribution in [3.05, 3.63) is 53.8 Å². The van der Waals surface area contributed by atoms with Crippen LogP contribution in [0.25, 0.3) is 11.0 Å². The Morgan fingerprint density at radius 2 is 2.07 bits per heavy atom. The molecule has 5 rings (SSSR count). The number of hydrogen-bond acceptors (Lipinski definition) is 8. The predicted molar refractivity (Wildman–Crippen MR) is 110 cm³/mol. The van der Waals surface area contributed by atoms with E-state index in [-0.39, 0.29) is 12.6 Å². The van der Waals surface area contributed by atoms with Gasteiger partial charge in [0.2, 0.25) is 12.6 Å². The number of carbonyl (C=O) groups is 1. The Bertz CT molecular complexity index is 1090. The van der Waals surface area contributed by atoms with Crippen LogP contribution in [0.5, 0.6) is 17.2 Å². The first-order valence-electron chi connectivity index (χ1n) is 8.70. The molecule has 0 atom stereocenters. The summed E-state index contributed by atoms with van der Waals surface area (Å²) in [6.07, 6.45) is 0. The SMILES string of the molecule is O=C(Oc1ccc2c(c1)OCO2)c1oc2ccccc2c1CSC1=NCCS1. The summed E-state index contributed by atoms with van der Waals surface area (Å²) in [6, 6.07) is 12.6. The zero-order chi connectivity index (χ0) is 18.9. The molecule has 2 aliphatic heterocycles. The molecule has 142 valence electrons. The standard InChI is InChI=1S/C20H15NO5S2/c22-19(25-12-5-6-16-17(9-12)24-11-23-16)18-14(10-28-20-21-7-8-27-20)13-3-1-2-4-15(13)26-18/h1-6,9H,7-8,10-11H2. The highest BCUT2D eigenvalue weighted by molar-refractivity contribution is 8.38. The molecule has 0 bridgehead atoms. The van der Waals surface area contributed by atoms with Crippen LogP contribution in [0.4, 0.5) is 0 Å². The number of thioether (sulfide) groups is 2. The van der Waals surface area contributed by atoms with Crippen LogP contribution < -0.4 is 14.2 Å². The van der Waals surface area contributed by atoms with Gasteiger partial charge in [0.15, 0.2) is 11.5 Å². The van der Waals surface area contributed by atoms with Crippen LogP contribution in [0.3, 0.4) is 0 Å². The van der Waals surface area contributed by atoms with E-state index in [1.807, 2.05) is 24.3 Å². The number of benzene rings is 2. The molecular weight excluding hydrogens is 398 g/mol. The quantitative estimate of drug-likeness (QED) is 0.453. The lowest BCUT2D eigenvalue weighted by Crippen LogP contribution is -2.09. The van der Waals surface area contributed by atoms with Gasteiger partial charge in [-0.1, -0.05) is 41.7 Å².